The third-order valence-corrected chi connectivity index (χ3v) is 3.25. The van der Waals surface area contributed by atoms with Crippen LogP contribution in [0, 0.1) is 0 Å². The summed E-state index contributed by atoms with van der Waals surface area (Å²) in [6, 6.07) is 17.3. The molecule has 5 heteroatoms. The summed E-state index contributed by atoms with van der Waals surface area (Å²) < 4.78 is 5.67. The van der Waals surface area contributed by atoms with E-state index in [1.165, 1.54) is 20.1 Å². The first kappa shape index (κ1) is 18.4. The molecule has 2 N–H and O–H groups in total. The first-order valence-electron chi connectivity index (χ1n) is 7.95. The molecular formula is C20H22N2O3. The zero-order chi connectivity index (χ0) is 18.1. The van der Waals surface area contributed by atoms with Gasteiger partial charge in [0, 0.05) is 0 Å². The zero-order valence-corrected chi connectivity index (χ0v) is 14.3. The van der Waals surface area contributed by atoms with E-state index >= 15 is 0 Å². The number of benzene rings is 2. The SMILES string of the molecule is CC(C)(O)C(=O)N/N=C/c1cccc(OC/C=C/c2ccccc2)c1. The van der Waals surface area contributed by atoms with Crippen LogP contribution < -0.4 is 10.2 Å². The molecule has 5 nitrogen and oxygen atoms in total. The van der Waals surface area contributed by atoms with E-state index in [0.717, 1.165) is 11.1 Å². The highest BCUT2D eigenvalue weighted by atomic mass is 16.5. The highest BCUT2D eigenvalue weighted by molar-refractivity contribution is 5.86. The van der Waals surface area contributed by atoms with E-state index in [4.69, 9.17) is 4.74 Å². The Balaban J connectivity index is 1.86. The fourth-order valence-corrected chi connectivity index (χ4v) is 1.88. The minimum absolute atomic E-state index is 0.449. The molecule has 0 spiro atoms. The van der Waals surface area contributed by atoms with Gasteiger partial charge in [0.1, 0.15) is 18.0 Å². The molecule has 2 aromatic carbocycles. The Bertz CT molecular complexity index is 747. The summed E-state index contributed by atoms with van der Waals surface area (Å²) in [4.78, 5) is 11.5. The zero-order valence-electron chi connectivity index (χ0n) is 14.3. The topological polar surface area (TPSA) is 70.9 Å². The van der Waals surface area contributed by atoms with Crippen molar-refractivity contribution >= 4 is 18.2 Å². The van der Waals surface area contributed by atoms with E-state index < -0.39 is 11.5 Å². The number of nitrogens with one attached hydrogen (secondary N) is 1. The van der Waals surface area contributed by atoms with Gasteiger partial charge in [-0.05, 0) is 43.2 Å². The predicted octanol–water partition coefficient (Wildman–Crippen LogP) is 3.00. The average Bonchev–Trinajstić information content (AvgIpc) is 2.59. The van der Waals surface area contributed by atoms with Crippen LogP contribution in [0.3, 0.4) is 0 Å². The number of hydrazone groups is 1. The number of carbonyl (C=O) groups excluding carboxylic acids is 1. The van der Waals surface area contributed by atoms with Crippen LogP contribution in [0.1, 0.15) is 25.0 Å². The summed E-state index contributed by atoms with van der Waals surface area (Å²) in [5, 5.41) is 13.3. The molecule has 1 amide bonds. The van der Waals surface area contributed by atoms with Crippen LogP contribution in [-0.4, -0.2) is 29.4 Å². The summed E-state index contributed by atoms with van der Waals surface area (Å²) >= 11 is 0. The lowest BCUT2D eigenvalue weighted by molar-refractivity contribution is -0.136. The van der Waals surface area contributed by atoms with Crippen LogP contribution in [0.4, 0.5) is 0 Å². The van der Waals surface area contributed by atoms with Gasteiger partial charge in [0.05, 0.1) is 6.21 Å². The summed E-state index contributed by atoms with van der Waals surface area (Å²) in [5.74, 6) is 0.137. The van der Waals surface area contributed by atoms with Gasteiger partial charge in [-0.15, -0.1) is 0 Å². The number of amides is 1. The van der Waals surface area contributed by atoms with Gasteiger partial charge in [-0.1, -0.05) is 48.5 Å². The summed E-state index contributed by atoms with van der Waals surface area (Å²) in [7, 11) is 0. The number of carbonyl (C=O) groups is 1. The Morgan fingerprint density at radius 3 is 2.60 bits per heavy atom. The highest BCUT2D eigenvalue weighted by Gasteiger charge is 2.22. The lowest BCUT2D eigenvalue weighted by Gasteiger charge is -2.13. The van der Waals surface area contributed by atoms with E-state index in [0.29, 0.717) is 12.4 Å². The Morgan fingerprint density at radius 1 is 1.16 bits per heavy atom. The molecule has 0 saturated carbocycles. The molecule has 130 valence electrons. The molecule has 0 aliphatic carbocycles. The molecule has 0 atom stereocenters. The van der Waals surface area contributed by atoms with Crippen molar-refractivity contribution in [2.45, 2.75) is 19.4 Å². The monoisotopic (exact) mass is 338 g/mol. The minimum Gasteiger partial charge on any atom is -0.490 e. The predicted molar refractivity (Wildman–Crippen MR) is 99.4 cm³/mol. The summed E-state index contributed by atoms with van der Waals surface area (Å²) in [5.41, 5.74) is 2.72. The van der Waals surface area contributed by atoms with Crippen LogP contribution >= 0.6 is 0 Å². The van der Waals surface area contributed by atoms with Crippen molar-refractivity contribution in [2.75, 3.05) is 6.61 Å². The third-order valence-electron chi connectivity index (χ3n) is 3.25. The van der Waals surface area contributed by atoms with Crippen molar-refractivity contribution in [3.63, 3.8) is 0 Å². The van der Waals surface area contributed by atoms with E-state index in [9.17, 15) is 9.90 Å². The van der Waals surface area contributed by atoms with E-state index in [-0.39, 0.29) is 0 Å². The van der Waals surface area contributed by atoms with E-state index in [1.54, 1.807) is 0 Å². The van der Waals surface area contributed by atoms with E-state index in [1.807, 2.05) is 66.7 Å². The van der Waals surface area contributed by atoms with Crippen molar-refractivity contribution < 1.29 is 14.6 Å². The van der Waals surface area contributed by atoms with Crippen LogP contribution in [-0.2, 0) is 4.79 Å². The van der Waals surface area contributed by atoms with Crippen LogP contribution in [0.25, 0.3) is 6.08 Å². The minimum atomic E-state index is -1.46. The van der Waals surface area contributed by atoms with Crippen molar-refractivity contribution in [2.24, 2.45) is 5.10 Å². The van der Waals surface area contributed by atoms with Crippen molar-refractivity contribution in [1.29, 1.82) is 0 Å². The maximum atomic E-state index is 11.5. The Hall–Kier alpha value is -2.92. The van der Waals surface area contributed by atoms with Crippen molar-refractivity contribution in [1.82, 2.24) is 5.43 Å². The molecule has 0 bridgehead atoms. The lowest BCUT2D eigenvalue weighted by atomic mass is 10.1. The molecule has 0 saturated heterocycles. The second-order valence-electron chi connectivity index (χ2n) is 5.95. The quantitative estimate of drug-likeness (QED) is 0.602. The highest BCUT2D eigenvalue weighted by Crippen LogP contribution is 2.12. The van der Waals surface area contributed by atoms with Gasteiger partial charge < -0.3 is 9.84 Å². The number of rotatable bonds is 7. The number of nitrogens with zero attached hydrogens (tertiary/aromatic N) is 1. The van der Waals surface area contributed by atoms with Gasteiger partial charge in [-0.3, -0.25) is 4.79 Å². The van der Waals surface area contributed by atoms with Gasteiger partial charge in [0.15, 0.2) is 0 Å². The number of ether oxygens (including phenoxy) is 1. The van der Waals surface area contributed by atoms with Crippen LogP contribution in [0.15, 0.2) is 65.8 Å². The fourth-order valence-electron chi connectivity index (χ4n) is 1.88. The second kappa shape index (κ2) is 8.80. The molecular weight excluding hydrogens is 316 g/mol. The summed E-state index contributed by atoms with van der Waals surface area (Å²) in [6.45, 7) is 3.25. The van der Waals surface area contributed by atoms with Crippen molar-refractivity contribution in [3.05, 3.63) is 71.8 Å². The van der Waals surface area contributed by atoms with Crippen LogP contribution in [0.2, 0.25) is 0 Å². The maximum absolute atomic E-state index is 11.5. The normalized spacial score (nSPS) is 11.8. The van der Waals surface area contributed by atoms with Gasteiger partial charge in [0.25, 0.3) is 5.91 Å². The standard InChI is InChI=1S/C20H22N2O3/c1-20(2,24)19(23)22-21-15-17-10-6-12-18(14-17)25-13-7-11-16-8-4-3-5-9-16/h3-12,14-15,24H,13H2,1-2H3,(H,22,23)/b11-7+,21-15+. The van der Waals surface area contributed by atoms with Crippen molar-refractivity contribution in [3.8, 4) is 5.75 Å². The number of hydrogen-bond acceptors (Lipinski definition) is 4. The third kappa shape index (κ3) is 6.61. The van der Waals surface area contributed by atoms with Gasteiger partial charge >= 0.3 is 0 Å². The molecule has 0 aromatic heterocycles. The Morgan fingerprint density at radius 2 is 1.88 bits per heavy atom. The Kier molecular flexibility index (Phi) is 6.48. The second-order valence-corrected chi connectivity index (χ2v) is 5.95. The first-order valence-corrected chi connectivity index (χ1v) is 7.95. The Labute approximate surface area is 147 Å². The molecule has 25 heavy (non-hydrogen) atoms. The molecule has 2 aromatic rings. The molecule has 2 rings (SSSR count). The molecule has 0 unspecified atom stereocenters. The summed E-state index contributed by atoms with van der Waals surface area (Å²) in [6.07, 6.45) is 5.44. The maximum Gasteiger partial charge on any atom is 0.271 e. The first-order chi connectivity index (χ1) is 11.9. The van der Waals surface area contributed by atoms with Gasteiger partial charge in [-0.2, -0.15) is 5.10 Å². The lowest BCUT2D eigenvalue weighted by Crippen LogP contribution is -2.39. The average molecular weight is 338 g/mol. The largest absolute Gasteiger partial charge is 0.490 e. The molecule has 0 fully saturated rings. The van der Waals surface area contributed by atoms with Gasteiger partial charge in [0.2, 0.25) is 0 Å². The molecule has 0 aliphatic rings. The smallest absolute Gasteiger partial charge is 0.271 e. The molecule has 0 heterocycles. The van der Waals surface area contributed by atoms with E-state index in [2.05, 4.69) is 10.5 Å². The number of aliphatic hydroxyl groups is 1. The molecule has 0 radical (unpaired) electrons. The van der Waals surface area contributed by atoms with Gasteiger partial charge in [-0.25, -0.2) is 5.43 Å². The number of hydrogen-bond donors (Lipinski definition) is 2. The van der Waals surface area contributed by atoms with Crippen LogP contribution in [0.5, 0.6) is 5.75 Å². The molecule has 0 aliphatic heterocycles. The fraction of sp³-hybridized carbons (Fsp3) is 0.200.